The van der Waals surface area contributed by atoms with Gasteiger partial charge < -0.3 is 15.4 Å². The number of likely N-dealkylation sites (tertiary alicyclic amines) is 1. The van der Waals surface area contributed by atoms with Gasteiger partial charge in [0, 0.05) is 25.7 Å². The summed E-state index contributed by atoms with van der Waals surface area (Å²) in [5, 5.41) is 2.55. The van der Waals surface area contributed by atoms with E-state index in [-0.39, 0.29) is 18.1 Å². The van der Waals surface area contributed by atoms with E-state index in [4.69, 9.17) is 22.1 Å². The third-order valence-electron chi connectivity index (χ3n) is 4.80. The van der Waals surface area contributed by atoms with Crippen molar-refractivity contribution in [1.82, 2.24) is 4.90 Å². The van der Waals surface area contributed by atoms with Gasteiger partial charge in [-0.2, -0.15) is 0 Å². The van der Waals surface area contributed by atoms with Crippen molar-refractivity contribution in [2.45, 2.75) is 44.8 Å². The lowest BCUT2D eigenvalue weighted by atomic mass is 9.86. The lowest BCUT2D eigenvalue weighted by Gasteiger charge is -2.38. The van der Waals surface area contributed by atoms with Crippen molar-refractivity contribution in [2.75, 3.05) is 19.7 Å². The fraction of sp³-hybridized carbons (Fsp3) is 0.688. The SMILES string of the molecule is Cc1csc(C(=O)N2CCC(C3CC(N)CCO3)CC2)c1Cl. The van der Waals surface area contributed by atoms with Crippen LogP contribution in [0, 0.1) is 12.8 Å². The predicted octanol–water partition coefficient (Wildman–Crippen LogP) is 3.07. The summed E-state index contributed by atoms with van der Waals surface area (Å²) in [7, 11) is 0. The van der Waals surface area contributed by atoms with Crippen LogP contribution >= 0.6 is 22.9 Å². The monoisotopic (exact) mass is 342 g/mol. The Hall–Kier alpha value is -0.620. The summed E-state index contributed by atoms with van der Waals surface area (Å²) in [6, 6.07) is 0.270. The molecule has 2 aliphatic rings. The standard InChI is InChI=1S/C16H23ClN2O2S/c1-10-9-22-15(14(10)17)16(20)19-5-2-11(3-6-19)13-8-12(18)4-7-21-13/h9,11-13H,2-8,18H2,1H3. The van der Waals surface area contributed by atoms with Gasteiger partial charge >= 0.3 is 0 Å². The second-order valence-corrected chi connectivity index (χ2v) is 7.64. The van der Waals surface area contributed by atoms with E-state index < -0.39 is 0 Å². The Kier molecular flexibility index (Phi) is 5.07. The first-order chi connectivity index (χ1) is 10.6. The van der Waals surface area contributed by atoms with Crippen LogP contribution in [0.4, 0.5) is 0 Å². The third kappa shape index (κ3) is 3.32. The van der Waals surface area contributed by atoms with Gasteiger partial charge in [-0.15, -0.1) is 11.3 Å². The molecule has 0 saturated carbocycles. The second-order valence-electron chi connectivity index (χ2n) is 6.39. The number of halogens is 1. The maximum absolute atomic E-state index is 12.6. The third-order valence-corrected chi connectivity index (χ3v) is 6.49. The van der Waals surface area contributed by atoms with Crippen molar-refractivity contribution < 1.29 is 9.53 Å². The fourth-order valence-electron chi connectivity index (χ4n) is 3.38. The zero-order valence-electron chi connectivity index (χ0n) is 12.9. The highest BCUT2D eigenvalue weighted by atomic mass is 35.5. The normalized spacial score (nSPS) is 27.1. The molecule has 3 rings (SSSR count). The van der Waals surface area contributed by atoms with Gasteiger partial charge in [0.25, 0.3) is 5.91 Å². The zero-order chi connectivity index (χ0) is 15.7. The average Bonchev–Trinajstić information content (AvgIpc) is 2.86. The number of amides is 1. The van der Waals surface area contributed by atoms with Gasteiger partial charge in [0.15, 0.2) is 0 Å². The van der Waals surface area contributed by atoms with E-state index in [0.717, 1.165) is 50.9 Å². The van der Waals surface area contributed by atoms with E-state index >= 15 is 0 Å². The Bertz CT molecular complexity index is 540. The van der Waals surface area contributed by atoms with E-state index in [0.29, 0.717) is 15.8 Å². The van der Waals surface area contributed by atoms with E-state index in [1.807, 2.05) is 17.2 Å². The number of carbonyl (C=O) groups is 1. The van der Waals surface area contributed by atoms with Gasteiger partial charge in [0.2, 0.25) is 0 Å². The number of ether oxygens (including phenoxy) is 1. The summed E-state index contributed by atoms with van der Waals surface area (Å²) < 4.78 is 5.89. The Balaban J connectivity index is 1.57. The molecular weight excluding hydrogens is 320 g/mol. The van der Waals surface area contributed by atoms with Gasteiger partial charge in [-0.1, -0.05) is 11.6 Å². The van der Waals surface area contributed by atoms with Gasteiger partial charge in [-0.05, 0) is 49.5 Å². The Morgan fingerprint density at radius 3 is 2.73 bits per heavy atom. The molecule has 1 aromatic heterocycles. The van der Waals surface area contributed by atoms with Crippen LogP contribution in [0.3, 0.4) is 0 Å². The Morgan fingerprint density at radius 2 is 2.14 bits per heavy atom. The van der Waals surface area contributed by atoms with Crippen LogP contribution in [0.2, 0.25) is 5.02 Å². The summed E-state index contributed by atoms with van der Waals surface area (Å²) in [5.41, 5.74) is 7.03. The van der Waals surface area contributed by atoms with Crippen LogP contribution < -0.4 is 5.73 Å². The minimum Gasteiger partial charge on any atom is -0.378 e. The molecule has 122 valence electrons. The molecule has 2 fully saturated rings. The minimum atomic E-state index is 0.0720. The molecular formula is C16H23ClN2O2S. The first-order valence-corrected chi connectivity index (χ1v) is 9.22. The maximum atomic E-state index is 12.6. The molecule has 2 N–H and O–H groups in total. The first kappa shape index (κ1) is 16.2. The molecule has 0 aromatic carbocycles. The lowest BCUT2D eigenvalue weighted by molar-refractivity contribution is -0.0419. The molecule has 0 aliphatic carbocycles. The van der Waals surface area contributed by atoms with Crippen LogP contribution in [0.15, 0.2) is 5.38 Å². The van der Waals surface area contributed by atoms with E-state index in [1.54, 1.807) is 0 Å². The Labute approximate surface area is 140 Å². The van der Waals surface area contributed by atoms with Gasteiger partial charge in [0.1, 0.15) is 4.88 Å². The van der Waals surface area contributed by atoms with Crippen molar-refractivity contribution in [3.8, 4) is 0 Å². The highest BCUT2D eigenvalue weighted by molar-refractivity contribution is 7.13. The van der Waals surface area contributed by atoms with E-state index in [9.17, 15) is 4.79 Å². The second kappa shape index (κ2) is 6.87. The number of piperidine rings is 1. The van der Waals surface area contributed by atoms with Crippen LogP contribution in [-0.2, 0) is 4.74 Å². The molecule has 2 aliphatic heterocycles. The van der Waals surface area contributed by atoms with Crippen LogP contribution in [0.5, 0.6) is 0 Å². The molecule has 6 heteroatoms. The number of hydrogen-bond acceptors (Lipinski definition) is 4. The molecule has 2 atom stereocenters. The quantitative estimate of drug-likeness (QED) is 0.898. The zero-order valence-corrected chi connectivity index (χ0v) is 14.5. The molecule has 0 spiro atoms. The van der Waals surface area contributed by atoms with Crippen molar-refractivity contribution in [2.24, 2.45) is 11.7 Å². The van der Waals surface area contributed by atoms with E-state index in [1.165, 1.54) is 11.3 Å². The molecule has 3 heterocycles. The summed E-state index contributed by atoms with van der Waals surface area (Å²) >= 11 is 7.66. The molecule has 0 radical (unpaired) electrons. The van der Waals surface area contributed by atoms with Crippen LogP contribution in [0.1, 0.15) is 40.9 Å². The maximum Gasteiger partial charge on any atom is 0.265 e. The molecule has 2 unspecified atom stereocenters. The average molecular weight is 343 g/mol. The number of rotatable bonds is 2. The molecule has 1 amide bonds. The van der Waals surface area contributed by atoms with Crippen molar-refractivity contribution in [3.63, 3.8) is 0 Å². The molecule has 0 bridgehead atoms. The Morgan fingerprint density at radius 1 is 1.41 bits per heavy atom. The molecule has 1 aromatic rings. The number of nitrogens with zero attached hydrogens (tertiary/aromatic N) is 1. The van der Waals surface area contributed by atoms with Crippen LogP contribution in [-0.4, -0.2) is 42.6 Å². The van der Waals surface area contributed by atoms with Crippen LogP contribution in [0.25, 0.3) is 0 Å². The van der Waals surface area contributed by atoms with Crippen molar-refractivity contribution >= 4 is 28.8 Å². The predicted molar refractivity (Wildman–Crippen MR) is 89.6 cm³/mol. The van der Waals surface area contributed by atoms with Gasteiger partial charge in [-0.3, -0.25) is 4.79 Å². The van der Waals surface area contributed by atoms with Crippen molar-refractivity contribution in [3.05, 3.63) is 20.8 Å². The number of hydrogen-bond donors (Lipinski definition) is 1. The highest BCUT2D eigenvalue weighted by Gasteiger charge is 2.32. The number of carbonyl (C=O) groups excluding carboxylic acids is 1. The highest BCUT2D eigenvalue weighted by Crippen LogP contribution is 2.32. The molecule has 4 nitrogen and oxygen atoms in total. The summed E-state index contributed by atoms with van der Waals surface area (Å²) in [6.45, 7) is 4.28. The summed E-state index contributed by atoms with van der Waals surface area (Å²) in [6.07, 6.45) is 4.17. The fourth-order valence-corrected chi connectivity index (χ4v) is 4.62. The topological polar surface area (TPSA) is 55.6 Å². The number of aryl methyl sites for hydroxylation is 1. The first-order valence-electron chi connectivity index (χ1n) is 7.96. The molecule has 2 saturated heterocycles. The number of thiophene rings is 1. The summed E-state index contributed by atoms with van der Waals surface area (Å²) in [5.74, 6) is 0.596. The largest absolute Gasteiger partial charge is 0.378 e. The van der Waals surface area contributed by atoms with E-state index in [2.05, 4.69) is 0 Å². The lowest BCUT2D eigenvalue weighted by Crippen LogP contribution is -2.45. The van der Waals surface area contributed by atoms with Gasteiger partial charge in [-0.25, -0.2) is 0 Å². The number of nitrogens with two attached hydrogens (primary N) is 1. The summed E-state index contributed by atoms with van der Waals surface area (Å²) in [4.78, 5) is 15.2. The minimum absolute atomic E-state index is 0.0720. The molecule has 22 heavy (non-hydrogen) atoms. The smallest absolute Gasteiger partial charge is 0.265 e. The van der Waals surface area contributed by atoms with Crippen molar-refractivity contribution in [1.29, 1.82) is 0 Å². The van der Waals surface area contributed by atoms with Gasteiger partial charge in [0.05, 0.1) is 11.1 Å².